The highest BCUT2D eigenvalue weighted by Gasteiger charge is 2.32. The minimum atomic E-state index is -4.09. The molecule has 0 aromatic carbocycles. The molecule has 1 aliphatic rings. The van der Waals surface area contributed by atoms with Gasteiger partial charge >= 0.3 is 6.18 Å². The van der Waals surface area contributed by atoms with Gasteiger partial charge in [0, 0.05) is 12.6 Å². The summed E-state index contributed by atoms with van der Waals surface area (Å²) in [5.74, 6) is 0. The van der Waals surface area contributed by atoms with Gasteiger partial charge in [-0.1, -0.05) is 0 Å². The minimum absolute atomic E-state index is 0.0823. The van der Waals surface area contributed by atoms with E-state index in [1.807, 2.05) is 0 Å². The fourth-order valence-corrected chi connectivity index (χ4v) is 1.49. The first-order valence-corrected chi connectivity index (χ1v) is 4.02. The molecule has 0 radical (unpaired) electrons. The van der Waals surface area contributed by atoms with Crippen LogP contribution in [-0.4, -0.2) is 36.8 Å². The average Bonchev–Trinajstić information content (AvgIpc) is 1.82. The third-order valence-electron chi connectivity index (χ3n) is 1.94. The average molecular weight is 182 g/mol. The predicted octanol–water partition coefficient (Wildman–Crippen LogP) is 0.972. The smallest absolute Gasteiger partial charge is 0.327 e. The Morgan fingerprint density at radius 2 is 2.08 bits per heavy atom. The molecule has 0 amide bonds. The fourth-order valence-electron chi connectivity index (χ4n) is 1.49. The molecule has 0 aliphatic carbocycles. The molecule has 1 rings (SSSR count). The van der Waals surface area contributed by atoms with Gasteiger partial charge in [-0.3, -0.25) is 4.90 Å². The predicted molar refractivity (Wildman–Crippen MR) is 39.7 cm³/mol. The molecule has 0 unspecified atom stereocenters. The van der Waals surface area contributed by atoms with Gasteiger partial charge < -0.3 is 5.73 Å². The Hall–Kier alpha value is -0.290. The lowest BCUT2D eigenvalue weighted by Gasteiger charge is -2.30. The van der Waals surface area contributed by atoms with Crippen molar-refractivity contribution >= 4 is 0 Å². The molecule has 72 valence electrons. The van der Waals surface area contributed by atoms with E-state index in [9.17, 15) is 13.2 Å². The number of alkyl halides is 3. The van der Waals surface area contributed by atoms with Crippen molar-refractivity contribution in [2.45, 2.75) is 25.1 Å². The third-order valence-corrected chi connectivity index (χ3v) is 1.94. The largest absolute Gasteiger partial charge is 0.401 e. The second-order valence-corrected chi connectivity index (χ2v) is 3.25. The summed E-state index contributed by atoms with van der Waals surface area (Å²) in [7, 11) is 0. The molecule has 1 fully saturated rings. The van der Waals surface area contributed by atoms with Crippen LogP contribution in [0, 0.1) is 0 Å². The van der Waals surface area contributed by atoms with E-state index >= 15 is 0 Å². The summed E-state index contributed by atoms with van der Waals surface area (Å²) in [5, 5.41) is 0. The number of hydrogen-bond acceptors (Lipinski definition) is 2. The van der Waals surface area contributed by atoms with Crippen molar-refractivity contribution in [2.75, 3.05) is 19.6 Å². The second-order valence-electron chi connectivity index (χ2n) is 3.25. The quantitative estimate of drug-likeness (QED) is 0.654. The molecule has 2 N–H and O–H groups in total. The topological polar surface area (TPSA) is 29.3 Å². The Labute approximate surface area is 69.5 Å². The third kappa shape index (κ3) is 3.40. The Kier molecular flexibility index (Phi) is 2.95. The zero-order chi connectivity index (χ0) is 9.19. The van der Waals surface area contributed by atoms with Crippen LogP contribution in [-0.2, 0) is 0 Å². The van der Waals surface area contributed by atoms with Crippen LogP contribution in [0.2, 0.25) is 0 Å². The number of nitrogens with zero attached hydrogens (tertiary/aromatic N) is 1. The SMILES string of the molecule is N[C@@H]1CCCN(CC(F)(F)F)C1. The van der Waals surface area contributed by atoms with Gasteiger partial charge in [-0.25, -0.2) is 0 Å². The summed E-state index contributed by atoms with van der Waals surface area (Å²) < 4.78 is 35.7. The van der Waals surface area contributed by atoms with E-state index in [1.54, 1.807) is 0 Å². The maximum absolute atomic E-state index is 11.9. The van der Waals surface area contributed by atoms with Crippen LogP contribution in [0.3, 0.4) is 0 Å². The van der Waals surface area contributed by atoms with E-state index in [4.69, 9.17) is 5.73 Å². The molecule has 0 saturated carbocycles. The molecular weight excluding hydrogens is 169 g/mol. The molecule has 1 heterocycles. The maximum atomic E-state index is 11.9. The zero-order valence-corrected chi connectivity index (χ0v) is 6.77. The first-order chi connectivity index (χ1) is 5.47. The highest BCUT2D eigenvalue weighted by atomic mass is 19.4. The van der Waals surface area contributed by atoms with Gasteiger partial charge in [-0.15, -0.1) is 0 Å². The zero-order valence-electron chi connectivity index (χ0n) is 6.77. The van der Waals surface area contributed by atoms with E-state index in [0.717, 1.165) is 12.8 Å². The van der Waals surface area contributed by atoms with E-state index in [2.05, 4.69) is 0 Å². The summed E-state index contributed by atoms with van der Waals surface area (Å²) in [6, 6.07) is -0.0823. The summed E-state index contributed by atoms with van der Waals surface area (Å²) in [4.78, 5) is 1.37. The van der Waals surface area contributed by atoms with Crippen LogP contribution in [0.25, 0.3) is 0 Å². The highest BCUT2D eigenvalue weighted by Crippen LogP contribution is 2.18. The van der Waals surface area contributed by atoms with Crippen LogP contribution in [0.15, 0.2) is 0 Å². The van der Waals surface area contributed by atoms with Crippen LogP contribution in [0.4, 0.5) is 13.2 Å². The number of halogens is 3. The van der Waals surface area contributed by atoms with E-state index in [1.165, 1.54) is 4.90 Å². The summed E-state index contributed by atoms with van der Waals surface area (Å²) >= 11 is 0. The number of hydrogen-bond donors (Lipinski definition) is 1. The van der Waals surface area contributed by atoms with Gasteiger partial charge in [-0.2, -0.15) is 13.2 Å². The standard InChI is InChI=1S/C7H13F3N2/c8-7(9,10)5-12-3-1-2-6(11)4-12/h6H,1-5,11H2/t6-/m1/s1. The molecule has 0 aromatic rings. The Balaban J connectivity index is 2.32. The molecule has 1 atom stereocenters. The van der Waals surface area contributed by atoms with Crippen molar-refractivity contribution in [1.29, 1.82) is 0 Å². The van der Waals surface area contributed by atoms with Crippen molar-refractivity contribution in [3.05, 3.63) is 0 Å². The Morgan fingerprint density at radius 3 is 2.58 bits per heavy atom. The molecule has 12 heavy (non-hydrogen) atoms. The summed E-state index contributed by atoms with van der Waals surface area (Å²) in [6.45, 7) is 0.0768. The number of rotatable bonds is 1. The number of likely N-dealkylation sites (tertiary alicyclic amines) is 1. The number of nitrogens with two attached hydrogens (primary N) is 1. The fraction of sp³-hybridized carbons (Fsp3) is 1.00. The van der Waals surface area contributed by atoms with E-state index < -0.39 is 12.7 Å². The number of piperidine rings is 1. The van der Waals surface area contributed by atoms with Crippen LogP contribution in [0.1, 0.15) is 12.8 Å². The van der Waals surface area contributed by atoms with Gasteiger partial charge in [-0.05, 0) is 19.4 Å². The molecule has 0 bridgehead atoms. The van der Waals surface area contributed by atoms with Crippen LogP contribution >= 0.6 is 0 Å². The lowest BCUT2D eigenvalue weighted by atomic mass is 10.1. The van der Waals surface area contributed by atoms with E-state index in [0.29, 0.717) is 13.1 Å². The van der Waals surface area contributed by atoms with E-state index in [-0.39, 0.29) is 6.04 Å². The molecule has 1 aliphatic heterocycles. The van der Waals surface area contributed by atoms with Gasteiger partial charge in [0.1, 0.15) is 0 Å². The van der Waals surface area contributed by atoms with Crippen molar-refractivity contribution in [3.8, 4) is 0 Å². The monoisotopic (exact) mass is 182 g/mol. The maximum Gasteiger partial charge on any atom is 0.401 e. The van der Waals surface area contributed by atoms with Crippen molar-refractivity contribution in [1.82, 2.24) is 4.90 Å². The van der Waals surface area contributed by atoms with Gasteiger partial charge in [0.25, 0.3) is 0 Å². The molecular formula is C7H13F3N2. The lowest BCUT2D eigenvalue weighted by Crippen LogP contribution is -2.46. The van der Waals surface area contributed by atoms with Crippen molar-refractivity contribution in [3.63, 3.8) is 0 Å². The second kappa shape index (κ2) is 3.62. The van der Waals surface area contributed by atoms with Crippen LogP contribution < -0.4 is 5.73 Å². The Morgan fingerprint density at radius 1 is 1.42 bits per heavy atom. The summed E-state index contributed by atoms with van der Waals surface area (Å²) in [5.41, 5.74) is 5.53. The molecule has 0 spiro atoms. The Bertz CT molecular complexity index is 146. The van der Waals surface area contributed by atoms with Crippen molar-refractivity contribution < 1.29 is 13.2 Å². The molecule has 2 nitrogen and oxygen atoms in total. The first kappa shape index (κ1) is 9.80. The van der Waals surface area contributed by atoms with Gasteiger partial charge in [0.05, 0.1) is 6.54 Å². The highest BCUT2D eigenvalue weighted by molar-refractivity contribution is 4.76. The van der Waals surface area contributed by atoms with Crippen LogP contribution in [0.5, 0.6) is 0 Å². The molecule has 1 saturated heterocycles. The van der Waals surface area contributed by atoms with Gasteiger partial charge in [0.15, 0.2) is 0 Å². The van der Waals surface area contributed by atoms with Gasteiger partial charge in [0.2, 0.25) is 0 Å². The van der Waals surface area contributed by atoms with Crippen molar-refractivity contribution in [2.24, 2.45) is 5.73 Å². The normalized spacial score (nSPS) is 27.5. The lowest BCUT2D eigenvalue weighted by molar-refractivity contribution is -0.148. The minimum Gasteiger partial charge on any atom is -0.327 e. The molecule has 0 aromatic heterocycles. The molecule has 5 heteroatoms. The summed E-state index contributed by atoms with van der Waals surface area (Å²) in [6.07, 6.45) is -2.47. The first-order valence-electron chi connectivity index (χ1n) is 4.02.